The molecule has 2 unspecified atom stereocenters. The van der Waals surface area contributed by atoms with E-state index in [0.29, 0.717) is 6.61 Å². The Morgan fingerprint density at radius 3 is 2.05 bits per heavy atom. The molecular weight excluding hydrogens is 458 g/mol. The maximum Gasteiger partial charge on any atom is 0.138 e. The zero-order valence-electron chi connectivity index (χ0n) is 22.7. The first-order chi connectivity index (χ1) is 17.9. The Morgan fingerprint density at radius 2 is 1.46 bits per heavy atom. The minimum atomic E-state index is -0.407. The first-order valence-corrected chi connectivity index (χ1v) is 13.6. The molecule has 3 aromatic rings. The van der Waals surface area contributed by atoms with Crippen LogP contribution >= 0.6 is 0 Å². The predicted octanol–water partition coefficient (Wildman–Crippen LogP) is 5.19. The monoisotopic (exact) mass is 499 g/mol. The maximum absolute atomic E-state index is 6.80. The van der Waals surface area contributed by atoms with Crippen LogP contribution in [-0.2, 0) is 4.74 Å². The van der Waals surface area contributed by atoms with Crippen molar-refractivity contribution in [3.8, 4) is 5.75 Å². The van der Waals surface area contributed by atoms with Gasteiger partial charge in [-0.3, -0.25) is 9.80 Å². The highest BCUT2D eigenvalue weighted by Gasteiger charge is 2.45. The smallest absolute Gasteiger partial charge is 0.138 e. The minimum Gasteiger partial charge on any atom is -0.484 e. The molecule has 0 aromatic heterocycles. The lowest BCUT2D eigenvalue weighted by molar-refractivity contribution is 0.0117. The van der Waals surface area contributed by atoms with E-state index in [4.69, 9.17) is 15.2 Å². The third-order valence-electron chi connectivity index (χ3n) is 8.24. The summed E-state index contributed by atoms with van der Waals surface area (Å²) in [6, 6.07) is 23.1. The molecule has 0 saturated carbocycles. The molecule has 5 heteroatoms. The van der Waals surface area contributed by atoms with Gasteiger partial charge in [-0.05, 0) is 55.5 Å². The minimum absolute atomic E-state index is 0.0400. The van der Waals surface area contributed by atoms with Gasteiger partial charge in [-0.25, -0.2) is 0 Å². The van der Waals surface area contributed by atoms with Gasteiger partial charge in [0, 0.05) is 44.8 Å². The Kier molecular flexibility index (Phi) is 7.68. The highest BCUT2D eigenvalue weighted by atomic mass is 16.5. The topological polar surface area (TPSA) is 51.0 Å². The molecular formula is C32H41N3O2. The number of ether oxygens (including phenoxy) is 2. The highest BCUT2D eigenvalue weighted by Crippen LogP contribution is 2.46. The second-order valence-electron chi connectivity index (χ2n) is 11.0. The van der Waals surface area contributed by atoms with Crippen LogP contribution in [0.25, 0.3) is 0 Å². The van der Waals surface area contributed by atoms with E-state index in [1.54, 1.807) is 0 Å². The molecule has 0 amide bonds. The molecule has 5 nitrogen and oxygen atoms in total. The summed E-state index contributed by atoms with van der Waals surface area (Å²) in [4.78, 5) is 5.02. The van der Waals surface area contributed by atoms with E-state index < -0.39 is 5.60 Å². The van der Waals surface area contributed by atoms with E-state index >= 15 is 0 Å². The summed E-state index contributed by atoms with van der Waals surface area (Å²) >= 11 is 0. The molecule has 37 heavy (non-hydrogen) atoms. The Labute approximate surface area is 222 Å². The molecule has 2 N–H and O–H groups in total. The lowest BCUT2D eigenvalue weighted by Gasteiger charge is -2.40. The molecule has 2 atom stereocenters. The van der Waals surface area contributed by atoms with E-state index in [-0.39, 0.29) is 12.1 Å². The number of fused-ring (bicyclic) bond motifs is 1. The van der Waals surface area contributed by atoms with Gasteiger partial charge in [0.1, 0.15) is 17.5 Å². The average Bonchev–Trinajstić information content (AvgIpc) is 3.18. The number of rotatable bonds is 8. The summed E-state index contributed by atoms with van der Waals surface area (Å²) in [7, 11) is 0. The zero-order valence-corrected chi connectivity index (χ0v) is 22.7. The number of piperazine rings is 1. The van der Waals surface area contributed by atoms with Gasteiger partial charge in [-0.2, -0.15) is 0 Å². The summed E-state index contributed by atoms with van der Waals surface area (Å²) in [5.41, 5.74) is 13.7. The first-order valence-electron chi connectivity index (χ1n) is 13.6. The van der Waals surface area contributed by atoms with Crippen molar-refractivity contribution in [1.82, 2.24) is 9.80 Å². The second kappa shape index (κ2) is 11.0. The maximum atomic E-state index is 6.80. The van der Waals surface area contributed by atoms with E-state index in [0.717, 1.165) is 45.0 Å². The molecule has 2 heterocycles. The van der Waals surface area contributed by atoms with Gasteiger partial charge in [0.05, 0.1) is 12.6 Å². The van der Waals surface area contributed by atoms with Crippen LogP contribution in [0.3, 0.4) is 0 Å². The number of benzene rings is 3. The summed E-state index contributed by atoms with van der Waals surface area (Å²) in [6.07, 6.45) is -0.0400. The molecule has 0 radical (unpaired) electrons. The van der Waals surface area contributed by atoms with Crippen LogP contribution in [0.2, 0.25) is 0 Å². The number of aryl methyl sites for hydroxylation is 2. The molecule has 0 bridgehead atoms. The van der Waals surface area contributed by atoms with Gasteiger partial charge in [-0.1, -0.05) is 66.7 Å². The van der Waals surface area contributed by atoms with Crippen molar-refractivity contribution in [2.45, 2.75) is 45.4 Å². The molecule has 0 aliphatic carbocycles. The molecule has 1 fully saturated rings. The number of hydrogen-bond donors (Lipinski definition) is 1. The van der Waals surface area contributed by atoms with E-state index in [2.05, 4.69) is 104 Å². The van der Waals surface area contributed by atoms with Crippen molar-refractivity contribution in [2.24, 2.45) is 5.73 Å². The van der Waals surface area contributed by atoms with Gasteiger partial charge >= 0.3 is 0 Å². The number of hydrogen-bond acceptors (Lipinski definition) is 5. The van der Waals surface area contributed by atoms with Gasteiger partial charge in [0.15, 0.2) is 0 Å². The van der Waals surface area contributed by atoms with E-state index in [1.165, 1.54) is 33.4 Å². The van der Waals surface area contributed by atoms with Gasteiger partial charge in [-0.15, -0.1) is 0 Å². The zero-order chi connectivity index (χ0) is 26.0. The highest BCUT2D eigenvalue weighted by molar-refractivity contribution is 5.55. The van der Waals surface area contributed by atoms with Crippen LogP contribution in [0.5, 0.6) is 5.75 Å². The quantitative estimate of drug-likeness (QED) is 0.463. The molecule has 3 aromatic carbocycles. The summed E-state index contributed by atoms with van der Waals surface area (Å²) < 4.78 is 13.1. The van der Waals surface area contributed by atoms with E-state index in [1.807, 2.05) is 0 Å². The van der Waals surface area contributed by atoms with Crippen LogP contribution < -0.4 is 10.5 Å². The normalized spacial score (nSPS) is 22.3. The fourth-order valence-corrected chi connectivity index (χ4v) is 5.88. The van der Waals surface area contributed by atoms with Crippen LogP contribution in [0.15, 0.2) is 66.7 Å². The predicted molar refractivity (Wildman–Crippen MR) is 150 cm³/mol. The summed E-state index contributed by atoms with van der Waals surface area (Å²) in [6.45, 7) is 15.2. The fourth-order valence-electron chi connectivity index (χ4n) is 5.88. The van der Waals surface area contributed by atoms with Crippen molar-refractivity contribution in [3.63, 3.8) is 0 Å². The standard InChI is InChI=1S/C32H41N3O2/c1-23-21-24(2)28-29(25(23)3)37-32(4,31(28)33)22-35-17-15-34(16-18-35)19-20-36-30(26-11-7-5-8-12-26)27-13-9-6-10-14-27/h5-14,21,30-31H,15-20,22,33H2,1-4H3. The Bertz CT molecular complexity index is 1150. The third kappa shape index (κ3) is 5.46. The van der Waals surface area contributed by atoms with Crippen LogP contribution in [-0.4, -0.2) is 61.3 Å². The lowest BCUT2D eigenvalue weighted by atomic mass is 9.88. The Balaban J connectivity index is 1.14. The molecule has 2 aliphatic rings. The molecule has 1 saturated heterocycles. The van der Waals surface area contributed by atoms with Gasteiger partial charge in [0.2, 0.25) is 0 Å². The second-order valence-corrected chi connectivity index (χ2v) is 11.0. The van der Waals surface area contributed by atoms with E-state index in [9.17, 15) is 0 Å². The van der Waals surface area contributed by atoms with Crippen molar-refractivity contribution in [1.29, 1.82) is 0 Å². The Morgan fingerprint density at radius 1 is 0.892 bits per heavy atom. The molecule has 2 aliphatic heterocycles. The van der Waals surface area contributed by atoms with Gasteiger partial charge < -0.3 is 15.2 Å². The Hall–Kier alpha value is -2.70. The fraction of sp³-hybridized carbons (Fsp3) is 0.438. The first kappa shape index (κ1) is 25.9. The largest absolute Gasteiger partial charge is 0.484 e. The van der Waals surface area contributed by atoms with Crippen molar-refractivity contribution < 1.29 is 9.47 Å². The third-order valence-corrected chi connectivity index (χ3v) is 8.24. The average molecular weight is 500 g/mol. The summed E-state index contributed by atoms with van der Waals surface area (Å²) in [5.74, 6) is 1.01. The molecule has 0 spiro atoms. The van der Waals surface area contributed by atoms with Gasteiger partial charge in [0.25, 0.3) is 0 Å². The summed E-state index contributed by atoms with van der Waals surface area (Å²) in [5, 5.41) is 0. The molecule has 5 rings (SSSR count). The van der Waals surface area contributed by atoms with Crippen LogP contribution in [0, 0.1) is 20.8 Å². The number of nitrogens with zero attached hydrogens (tertiary/aromatic N) is 2. The van der Waals surface area contributed by atoms with Crippen molar-refractivity contribution in [3.05, 3.63) is 100 Å². The molecule has 196 valence electrons. The lowest BCUT2D eigenvalue weighted by Crippen LogP contribution is -2.55. The van der Waals surface area contributed by atoms with Crippen molar-refractivity contribution >= 4 is 0 Å². The number of nitrogens with two attached hydrogens (primary N) is 1. The van der Waals surface area contributed by atoms with Crippen LogP contribution in [0.1, 0.15) is 52.5 Å². The van der Waals surface area contributed by atoms with Crippen LogP contribution in [0.4, 0.5) is 0 Å². The SMILES string of the molecule is Cc1cc(C)c2c(c1C)OC(C)(CN1CCN(CCOC(c3ccccc3)c3ccccc3)CC1)C2N. The van der Waals surface area contributed by atoms with Crippen molar-refractivity contribution in [2.75, 3.05) is 45.9 Å².